The fourth-order valence-corrected chi connectivity index (χ4v) is 1.95. The predicted molar refractivity (Wildman–Crippen MR) is 86.8 cm³/mol. The van der Waals surface area contributed by atoms with Crippen molar-refractivity contribution in [3.05, 3.63) is 53.1 Å². The molecule has 0 spiro atoms. The number of benzene rings is 2. The van der Waals surface area contributed by atoms with Gasteiger partial charge in [-0.05, 0) is 43.3 Å². The zero-order valence-corrected chi connectivity index (χ0v) is 12.7. The predicted octanol–water partition coefficient (Wildman–Crippen LogP) is 4.19. The standard InChI is InChI=1S/C16H17ClN2O2/c1-3-21-15-6-4-5-12(16(15)20-2)11-18-19-14-9-7-13(17)8-10-14/h4-11,19H,3H2,1-2H3/b18-11+. The molecule has 0 heterocycles. The van der Waals surface area contributed by atoms with E-state index in [1.807, 2.05) is 37.3 Å². The third-order valence-corrected chi connectivity index (χ3v) is 3.01. The molecule has 0 aliphatic rings. The second-order valence-corrected chi connectivity index (χ2v) is 4.62. The van der Waals surface area contributed by atoms with E-state index < -0.39 is 0 Å². The lowest BCUT2D eigenvalue weighted by molar-refractivity contribution is 0.311. The number of hydrogen-bond acceptors (Lipinski definition) is 4. The molecule has 0 saturated heterocycles. The third-order valence-electron chi connectivity index (χ3n) is 2.75. The van der Waals surface area contributed by atoms with Crippen LogP contribution in [0.3, 0.4) is 0 Å². The van der Waals surface area contributed by atoms with Crippen molar-refractivity contribution in [3.63, 3.8) is 0 Å². The lowest BCUT2D eigenvalue weighted by Crippen LogP contribution is -1.99. The SMILES string of the molecule is CCOc1cccc(/C=N/Nc2ccc(Cl)cc2)c1OC. The molecule has 0 amide bonds. The van der Waals surface area contributed by atoms with Gasteiger partial charge < -0.3 is 9.47 Å². The maximum atomic E-state index is 5.83. The molecule has 5 heteroatoms. The molecule has 0 atom stereocenters. The summed E-state index contributed by atoms with van der Waals surface area (Å²) < 4.78 is 10.9. The van der Waals surface area contributed by atoms with Crippen molar-refractivity contribution in [3.8, 4) is 11.5 Å². The molecule has 0 aliphatic heterocycles. The van der Waals surface area contributed by atoms with Gasteiger partial charge in [0.1, 0.15) is 0 Å². The van der Waals surface area contributed by atoms with Gasteiger partial charge in [-0.1, -0.05) is 17.7 Å². The highest BCUT2D eigenvalue weighted by molar-refractivity contribution is 6.30. The van der Waals surface area contributed by atoms with Crippen LogP contribution in [0.15, 0.2) is 47.6 Å². The van der Waals surface area contributed by atoms with E-state index in [4.69, 9.17) is 21.1 Å². The first-order valence-corrected chi connectivity index (χ1v) is 6.97. The molecule has 0 radical (unpaired) electrons. The fraction of sp³-hybridized carbons (Fsp3) is 0.188. The van der Waals surface area contributed by atoms with Crippen molar-refractivity contribution in [2.24, 2.45) is 5.10 Å². The van der Waals surface area contributed by atoms with Crippen LogP contribution < -0.4 is 14.9 Å². The maximum absolute atomic E-state index is 5.83. The van der Waals surface area contributed by atoms with Crippen LogP contribution in [-0.4, -0.2) is 19.9 Å². The molecule has 2 aromatic rings. The lowest BCUT2D eigenvalue weighted by Gasteiger charge is -2.11. The van der Waals surface area contributed by atoms with E-state index in [-0.39, 0.29) is 0 Å². The minimum atomic E-state index is 0.583. The highest BCUT2D eigenvalue weighted by Crippen LogP contribution is 2.29. The quantitative estimate of drug-likeness (QED) is 0.642. The van der Waals surface area contributed by atoms with Gasteiger partial charge in [0.2, 0.25) is 0 Å². The van der Waals surface area contributed by atoms with E-state index in [1.54, 1.807) is 25.5 Å². The minimum absolute atomic E-state index is 0.583. The van der Waals surface area contributed by atoms with Gasteiger partial charge >= 0.3 is 0 Å². The molecular weight excluding hydrogens is 288 g/mol. The summed E-state index contributed by atoms with van der Waals surface area (Å²) in [6.07, 6.45) is 1.69. The van der Waals surface area contributed by atoms with Gasteiger partial charge in [0.15, 0.2) is 11.5 Å². The van der Waals surface area contributed by atoms with Crippen LogP contribution in [0.25, 0.3) is 0 Å². The summed E-state index contributed by atoms with van der Waals surface area (Å²) >= 11 is 5.83. The molecule has 1 N–H and O–H groups in total. The summed E-state index contributed by atoms with van der Waals surface area (Å²) in [7, 11) is 1.61. The number of hydrazone groups is 1. The van der Waals surface area contributed by atoms with Crippen molar-refractivity contribution in [2.75, 3.05) is 19.1 Å². The molecule has 0 bridgehead atoms. The second-order valence-electron chi connectivity index (χ2n) is 4.19. The molecule has 0 aliphatic carbocycles. The molecule has 0 unspecified atom stereocenters. The summed E-state index contributed by atoms with van der Waals surface area (Å²) in [6, 6.07) is 13.0. The van der Waals surface area contributed by atoms with Crippen molar-refractivity contribution in [1.29, 1.82) is 0 Å². The Labute approximate surface area is 129 Å². The topological polar surface area (TPSA) is 42.8 Å². The maximum Gasteiger partial charge on any atom is 0.169 e. The number of rotatable bonds is 6. The van der Waals surface area contributed by atoms with Crippen LogP contribution in [0.2, 0.25) is 5.02 Å². The number of hydrogen-bond donors (Lipinski definition) is 1. The highest BCUT2D eigenvalue weighted by atomic mass is 35.5. The molecule has 2 aromatic carbocycles. The normalized spacial score (nSPS) is 10.6. The highest BCUT2D eigenvalue weighted by Gasteiger charge is 2.07. The first-order valence-electron chi connectivity index (χ1n) is 6.59. The largest absolute Gasteiger partial charge is 0.492 e. The summed E-state index contributed by atoms with van der Waals surface area (Å²) in [4.78, 5) is 0. The van der Waals surface area contributed by atoms with Gasteiger partial charge in [-0.2, -0.15) is 5.10 Å². The van der Waals surface area contributed by atoms with E-state index in [2.05, 4.69) is 10.5 Å². The number of nitrogens with zero attached hydrogens (tertiary/aromatic N) is 1. The van der Waals surface area contributed by atoms with E-state index in [1.165, 1.54) is 0 Å². The Kier molecular flexibility index (Phi) is 5.46. The van der Waals surface area contributed by atoms with E-state index in [0.717, 1.165) is 11.3 Å². The Balaban J connectivity index is 2.13. The average molecular weight is 305 g/mol. The number of halogens is 1. The number of ether oxygens (including phenoxy) is 2. The van der Waals surface area contributed by atoms with Gasteiger partial charge in [0.25, 0.3) is 0 Å². The molecule has 0 fully saturated rings. The Morgan fingerprint density at radius 2 is 1.95 bits per heavy atom. The second kappa shape index (κ2) is 7.55. The Morgan fingerprint density at radius 1 is 1.19 bits per heavy atom. The third kappa shape index (κ3) is 4.13. The van der Waals surface area contributed by atoms with E-state index in [9.17, 15) is 0 Å². The lowest BCUT2D eigenvalue weighted by atomic mass is 10.2. The number of methoxy groups -OCH3 is 1. The van der Waals surface area contributed by atoms with E-state index >= 15 is 0 Å². The molecule has 0 saturated carbocycles. The Morgan fingerprint density at radius 3 is 2.62 bits per heavy atom. The summed E-state index contributed by atoms with van der Waals surface area (Å²) in [5.41, 5.74) is 4.63. The molecule has 2 rings (SSSR count). The molecule has 4 nitrogen and oxygen atoms in total. The average Bonchev–Trinajstić information content (AvgIpc) is 2.50. The van der Waals surface area contributed by atoms with Crippen molar-refractivity contribution >= 4 is 23.5 Å². The van der Waals surface area contributed by atoms with Crippen molar-refractivity contribution < 1.29 is 9.47 Å². The first-order chi connectivity index (χ1) is 10.2. The fourth-order valence-electron chi connectivity index (χ4n) is 1.82. The van der Waals surface area contributed by atoms with Crippen LogP contribution in [0, 0.1) is 0 Å². The Bertz CT molecular complexity index is 612. The van der Waals surface area contributed by atoms with Gasteiger partial charge in [-0.15, -0.1) is 0 Å². The summed E-state index contributed by atoms with van der Waals surface area (Å²) in [5.74, 6) is 1.37. The van der Waals surface area contributed by atoms with Crippen molar-refractivity contribution in [1.82, 2.24) is 0 Å². The molecule has 0 aromatic heterocycles. The van der Waals surface area contributed by atoms with Gasteiger partial charge in [-0.25, -0.2) is 0 Å². The van der Waals surface area contributed by atoms with Crippen LogP contribution >= 0.6 is 11.6 Å². The first kappa shape index (κ1) is 15.2. The van der Waals surface area contributed by atoms with Gasteiger partial charge in [0.05, 0.1) is 25.6 Å². The van der Waals surface area contributed by atoms with Crippen LogP contribution in [0.4, 0.5) is 5.69 Å². The Hall–Kier alpha value is -2.20. The molecular formula is C16H17ClN2O2. The summed E-state index contributed by atoms with van der Waals surface area (Å²) in [6.45, 7) is 2.52. The number of anilines is 1. The molecule has 110 valence electrons. The van der Waals surface area contributed by atoms with Crippen LogP contribution in [-0.2, 0) is 0 Å². The minimum Gasteiger partial charge on any atom is -0.492 e. The number of para-hydroxylation sites is 1. The van der Waals surface area contributed by atoms with Gasteiger partial charge in [0, 0.05) is 10.6 Å². The monoisotopic (exact) mass is 304 g/mol. The van der Waals surface area contributed by atoms with Crippen LogP contribution in [0.1, 0.15) is 12.5 Å². The zero-order chi connectivity index (χ0) is 15.1. The number of nitrogens with one attached hydrogen (secondary N) is 1. The smallest absolute Gasteiger partial charge is 0.169 e. The van der Waals surface area contributed by atoms with E-state index in [0.29, 0.717) is 23.1 Å². The van der Waals surface area contributed by atoms with Gasteiger partial charge in [-0.3, -0.25) is 5.43 Å². The van der Waals surface area contributed by atoms with Crippen LogP contribution in [0.5, 0.6) is 11.5 Å². The zero-order valence-electron chi connectivity index (χ0n) is 12.0. The molecule has 21 heavy (non-hydrogen) atoms. The summed E-state index contributed by atoms with van der Waals surface area (Å²) in [5, 5.41) is 4.89. The van der Waals surface area contributed by atoms with Crippen molar-refractivity contribution in [2.45, 2.75) is 6.92 Å².